The molecule has 0 unspecified atom stereocenters. The highest BCUT2D eigenvalue weighted by Gasteiger charge is 2.12. The Bertz CT molecular complexity index is 518. The van der Waals surface area contributed by atoms with Crippen molar-refractivity contribution in [1.29, 1.82) is 0 Å². The molecule has 0 atom stereocenters. The van der Waals surface area contributed by atoms with E-state index in [1.54, 1.807) is 12.1 Å². The van der Waals surface area contributed by atoms with Gasteiger partial charge < -0.3 is 4.42 Å². The predicted molar refractivity (Wildman–Crippen MR) is 49.6 cm³/mol. The average Bonchev–Trinajstić information content (AvgIpc) is 2.59. The summed E-state index contributed by atoms with van der Waals surface area (Å²) < 4.78 is 5.03. The molecule has 70 valence electrons. The number of rotatable bonds is 2. The molecular weight excluding hydrogens is 206 g/mol. The Morgan fingerprint density at radius 3 is 2.93 bits per heavy atom. The summed E-state index contributed by atoms with van der Waals surface area (Å²) >= 11 is 5.32. The van der Waals surface area contributed by atoms with Crippen LogP contribution < -0.4 is 0 Å². The molecule has 1 heterocycles. The standard InChI is InChI=1S/C9H4ClNO3/c10-9(13)5-2-1-3-6-8(5)14-7(4-12)11-6/h1-4H. The van der Waals surface area contributed by atoms with Crippen LogP contribution in [0, 0.1) is 0 Å². The fraction of sp³-hybridized carbons (Fsp3) is 0. The highest BCUT2D eigenvalue weighted by atomic mass is 35.5. The molecule has 1 aromatic carbocycles. The molecule has 0 saturated carbocycles. The molecule has 5 heteroatoms. The first-order chi connectivity index (χ1) is 6.72. The lowest BCUT2D eigenvalue weighted by Crippen LogP contribution is -1.87. The maximum absolute atomic E-state index is 10.9. The Hall–Kier alpha value is -1.68. The second kappa shape index (κ2) is 3.23. The summed E-state index contributed by atoms with van der Waals surface area (Å²) in [4.78, 5) is 25.2. The molecule has 0 aliphatic rings. The van der Waals surface area contributed by atoms with Crippen molar-refractivity contribution in [2.75, 3.05) is 0 Å². The lowest BCUT2D eigenvalue weighted by molar-refractivity contribution is 0.107. The van der Waals surface area contributed by atoms with Gasteiger partial charge in [-0.2, -0.15) is 0 Å². The van der Waals surface area contributed by atoms with Crippen molar-refractivity contribution in [1.82, 2.24) is 4.98 Å². The maximum Gasteiger partial charge on any atom is 0.260 e. The summed E-state index contributed by atoms with van der Waals surface area (Å²) in [6.45, 7) is 0. The van der Waals surface area contributed by atoms with E-state index in [2.05, 4.69) is 4.98 Å². The fourth-order valence-corrected chi connectivity index (χ4v) is 1.32. The number of benzene rings is 1. The van der Waals surface area contributed by atoms with Crippen molar-refractivity contribution in [2.24, 2.45) is 0 Å². The normalized spacial score (nSPS) is 10.4. The molecule has 14 heavy (non-hydrogen) atoms. The van der Waals surface area contributed by atoms with Crippen LogP contribution in [0.1, 0.15) is 21.0 Å². The number of aldehydes is 1. The Labute approximate surface area is 83.5 Å². The second-order valence-electron chi connectivity index (χ2n) is 2.60. The van der Waals surface area contributed by atoms with Gasteiger partial charge in [-0.25, -0.2) is 4.98 Å². The first-order valence-corrected chi connectivity index (χ1v) is 4.14. The van der Waals surface area contributed by atoms with E-state index < -0.39 is 5.24 Å². The Morgan fingerprint density at radius 1 is 1.50 bits per heavy atom. The van der Waals surface area contributed by atoms with Crippen LogP contribution in [0.3, 0.4) is 0 Å². The van der Waals surface area contributed by atoms with Crippen LogP contribution in [0.15, 0.2) is 22.6 Å². The largest absolute Gasteiger partial charge is 0.433 e. The third-order valence-electron chi connectivity index (χ3n) is 1.74. The molecule has 0 fully saturated rings. The van der Waals surface area contributed by atoms with Gasteiger partial charge in [0.05, 0.1) is 5.56 Å². The van der Waals surface area contributed by atoms with Gasteiger partial charge in [-0.05, 0) is 23.7 Å². The molecule has 0 spiro atoms. The van der Waals surface area contributed by atoms with Crippen LogP contribution in [0.5, 0.6) is 0 Å². The SMILES string of the molecule is O=Cc1nc2cccc(C(=O)Cl)c2o1. The molecule has 1 aromatic heterocycles. The lowest BCUT2D eigenvalue weighted by Gasteiger charge is -1.91. The van der Waals surface area contributed by atoms with Gasteiger partial charge in [0.1, 0.15) is 5.52 Å². The number of para-hydroxylation sites is 1. The number of hydrogen-bond donors (Lipinski definition) is 0. The van der Waals surface area contributed by atoms with E-state index in [-0.39, 0.29) is 17.0 Å². The molecule has 2 aromatic rings. The van der Waals surface area contributed by atoms with Gasteiger partial charge in [0.15, 0.2) is 5.58 Å². The zero-order valence-electron chi connectivity index (χ0n) is 6.86. The monoisotopic (exact) mass is 209 g/mol. The molecule has 0 aliphatic carbocycles. The van der Waals surface area contributed by atoms with Gasteiger partial charge in [0.2, 0.25) is 6.29 Å². The lowest BCUT2D eigenvalue weighted by atomic mass is 10.2. The highest BCUT2D eigenvalue weighted by molar-refractivity contribution is 6.68. The zero-order valence-corrected chi connectivity index (χ0v) is 7.62. The van der Waals surface area contributed by atoms with Crippen molar-refractivity contribution in [2.45, 2.75) is 0 Å². The van der Waals surface area contributed by atoms with Gasteiger partial charge in [0.25, 0.3) is 11.1 Å². The van der Waals surface area contributed by atoms with Gasteiger partial charge in [-0.3, -0.25) is 9.59 Å². The molecular formula is C9H4ClNO3. The molecule has 0 N–H and O–H groups in total. The highest BCUT2D eigenvalue weighted by Crippen LogP contribution is 2.20. The van der Waals surface area contributed by atoms with Crippen molar-refractivity contribution in [3.8, 4) is 0 Å². The van der Waals surface area contributed by atoms with Crippen LogP contribution in [-0.2, 0) is 0 Å². The van der Waals surface area contributed by atoms with Crippen LogP contribution >= 0.6 is 11.6 Å². The van der Waals surface area contributed by atoms with Crippen molar-refractivity contribution in [3.63, 3.8) is 0 Å². The van der Waals surface area contributed by atoms with E-state index in [1.165, 1.54) is 6.07 Å². The smallest absolute Gasteiger partial charge is 0.260 e. The number of halogens is 1. The van der Waals surface area contributed by atoms with Crippen molar-refractivity contribution < 1.29 is 14.0 Å². The topological polar surface area (TPSA) is 60.2 Å². The zero-order chi connectivity index (χ0) is 10.1. The number of hydrogen-bond acceptors (Lipinski definition) is 4. The first kappa shape index (κ1) is 8.90. The molecule has 0 amide bonds. The number of fused-ring (bicyclic) bond motifs is 1. The molecule has 0 bridgehead atoms. The number of aromatic nitrogens is 1. The van der Waals surface area contributed by atoms with Crippen LogP contribution in [0.2, 0.25) is 0 Å². The summed E-state index contributed by atoms with van der Waals surface area (Å²) in [5.41, 5.74) is 0.901. The minimum absolute atomic E-state index is 0.0645. The fourth-order valence-electron chi connectivity index (χ4n) is 1.17. The van der Waals surface area contributed by atoms with Crippen molar-refractivity contribution >= 4 is 34.2 Å². The van der Waals surface area contributed by atoms with Crippen LogP contribution in [0.4, 0.5) is 0 Å². The van der Waals surface area contributed by atoms with Crippen LogP contribution in [0.25, 0.3) is 11.1 Å². The quantitative estimate of drug-likeness (QED) is 0.561. The van der Waals surface area contributed by atoms with E-state index in [9.17, 15) is 9.59 Å². The van der Waals surface area contributed by atoms with Gasteiger partial charge in [-0.15, -0.1) is 0 Å². The Morgan fingerprint density at radius 2 is 2.29 bits per heavy atom. The van der Waals surface area contributed by atoms with E-state index in [4.69, 9.17) is 16.0 Å². The van der Waals surface area contributed by atoms with E-state index in [0.717, 1.165) is 0 Å². The third kappa shape index (κ3) is 1.29. The number of oxazole rings is 1. The van der Waals surface area contributed by atoms with Gasteiger partial charge >= 0.3 is 0 Å². The minimum atomic E-state index is -0.635. The van der Waals surface area contributed by atoms with Crippen molar-refractivity contribution in [3.05, 3.63) is 29.7 Å². The van der Waals surface area contributed by atoms with Gasteiger partial charge in [-0.1, -0.05) is 6.07 Å². The molecule has 0 radical (unpaired) electrons. The second-order valence-corrected chi connectivity index (χ2v) is 2.94. The van der Waals surface area contributed by atoms with Crippen LogP contribution in [-0.4, -0.2) is 16.5 Å². The number of carbonyl (C=O) groups excluding carboxylic acids is 2. The Balaban J connectivity index is 2.79. The summed E-state index contributed by atoms with van der Waals surface area (Å²) in [5.74, 6) is -0.0645. The molecule has 0 saturated heterocycles. The predicted octanol–water partition coefficient (Wildman–Crippen LogP) is 2.02. The maximum atomic E-state index is 10.9. The average molecular weight is 210 g/mol. The number of nitrogens with zero attached hydrogens (tertiary/aromatic N) is 1. The van der Waals surface area contributed by atoms with E-state index >= 15 is 0 Å². The molecule has 0 aliphatic heterocycles. The first-order valence-electron chi connectivity index (χ1n) is 3.77. The summed E-state index contributed by atoms with van der Waals surface area (Å²) in [6, 6.07) is 4.77. The summed E-state index contributed by atoms with van der Waals surface area (Å²) in [7, 11) is 0. The molecule has 2 rings (SSSR count). The Kier molecular flexibility index (Phi) is 2.05. The number of carbonyl (C=O) groups is 2. The molecule has 4 nitrogen and oxygen atoms in total. The minimum Gasteiger partial charge on any atom is -0.433 e. The summed E-state index contributed by atoms with van der Waals surface area (Å²) in [6.07, 6.45) is 0.475. The summed E-state index contributed by atoms with van der Waals surface area (Å²) in [5, 5.41) is -0.635. The third-order valence-corrected chi connectivity index (χ3v) is 1.95. The van der Waals surface area contributed by atoms with E-state index in [0.29, 0.717) is 11.8 Å². The van der Waals surface area contributed by atoms with Gasteiger partial charge in [0, 0.05) is 0 Å². The van der Waals surface area contributed by atoms with E-state index in [1.807, 2.05) is 0 Å².